The fourth-order valence-corrected chi connectivity index (χ4v) is 2.75. The average Bonchev–Trinajstić information content (AvgIpc) is 2.47. The predicted molar refractivity (Wildman–Crippen MR) is 80.7 cm³/mol. The molecular formula is C14H31N3O4. The van der Waals surface area contributed by atoms with Crippen molar-refractivity contribution in [3.63, 3.8) is 0 Å². The zero-order valence-corrected chi connectivity index (χ0v) is 13.1. The Bertz CT molecular complexity index is 275. The van der Waals surface area contributed by atoms with E-state index in [9.17, 15) is 10.2 Å². The highest BCUT2D eigenvalue weighted by Crippen LogP contribution is 2.26. The lowest BCUT2D eigenvalue weighted by Gasteiger charge is -2.46. The van der Waals surface area contributed by atoms with Crippen LogP contribution < -0.4 is 11.5 Å². The summed E-state index contributed by atoms with van der Waals surface area (Å²) in [5.74, 6) is 0. The number of aliphatic hydroxyl groups excluding tert-OH is 2. The van der Waals surface area contributed by atoms with Gasteiger partial charge in [-0.2, -0.15) is 0 Å². The molecule has 0 aromatic rings. The summed E-state index contributed by atoms with van der Waals surface area (Å²) in [4.78, 5) is 2.06. The van der Waals surface area contributed by atoms with Crippen LogP contribution in [-0.4, -0.2) is 78.5 Å². The predicted octanol–water partition coefficient (Wildman–Crippen LogP) is -1.14. The summed E-state index contributed by atoms with van der Waals surface area (Å²) in [7, 11) is 0. The van der Waals surface area contributed by atoms with Crippen LogP contribution >= 0.6 is 0 Å². The fourth-order valence-electron chi connectivity index (χ4n) is 2.75. The van der Waals surface area contributed by atoms with Crippen molar-refractivity contribution in [1.29, 1.82) is 0 Å². The third-order valence-electron chi connectivity index (χ3n) is 3.86. The van der Waals surface area contributed by atoms with Crippen molar-refractivity contribution < 1.29 is 19.7 Å². The number of ether oxygens (including phenoxy) is 2. The number of rotatable bonds is 9. The molecule has 0 bridgehead atoms. The normalized spacial score (nSPS) is 33.6. The van der Waals surface area contributed by atoms with Gasteiger partial charge < -0.3 is 31.2 Å². The molecule has 0 aromatic heterocycles. The second kappa shape index (κ2) is 9.68. The molecule has 0 spiro atoms. The molecule has 1 aliphatic rings. The van der Waals surface area contributed by atoms with Gasteiger partial charge in [-0.1, -0.05) is 0 Å². The van der Waals surface area contributed by atoms with Crippen molar-refractivity contribution in [2.75, 3.05) is 32.8 Å². The lowest BCUT2D eigenvalue weighted by molar-refractivity contribution is -0.281. The molecule has 7 nitrogen and oxygen atoms in total. The Morgan fingerprint density at radius 1 is 1.10 bits per heavy atom. The summed E-state index contributed by atoms with van der Waals surface area (Å²) in [5, 5.41) is 20.9. The first kappa shape index (κ1) is 18.8. The lowest BCUT2D eigenvalue weighted by atomic mass is 9.94. The topological polar surface area (TPSA) is 114 Å². The van der Waals surface area contributed by atoms with Crippen molar-refractivity contribution in [1.82, 2.24) is 4.90 Å². The molecule has 1 rings (SSSR count). The maximum atomic E-state index is 10.5. The molecule has 1 aliphatic heterocycles. The summed E-state index contributed by atoms with van der Waals surface area (Å²) in [5.41, 5.74) is 11.2. The Morgan fingerprint density at radius 2 is 1.67 bits per heavy atom. The zero-order chi connectivity index (χ0) is 15.8. The van der Waals surface area contributed by atoms with Gasteiger partial charge in [-0.05, 0) is 52.9 Å². The van der Waals surface area contributed by atoms with Gasteiger partial charge in [0.15, 0.2) is 6.29 Å². The Balaban J connectivity index is 2.82. The van der Waals surface area contributed by atoms with E-state index in [2.05, 4.69) is 4.90 Å². The van der Waals surface area contributed by atoms with Gasteiger partial charge >= 0.3 is 0 Å². The van der Waals surface area contributed by atoms with E-state index >= 15 is 0 Å². The molecule has 5 atom stereocenters. The highest BCUT2D eigenvalue weighted by Gasteiger charge is 2.45. The monoisotopic (exact) mass is 305 g/mol. The van der Waals surface area contributed by atoms with Crippen molar-refractivity contribution >= 4 is 0 Å². The van der Waals surface area contributed by atoms with E-state index in [0.717, 1.165) is 12.8 Å². The Morgan fingerprint density at radius 3 is 2.14 bits per heavy atom. The van der Waals surface area contributed by atoms with Crippen LogP contribution in [0.2, 0.25) is 0 Å². The number of hydrogen-bond donors (Lipinski definition) is 4. The molecule has 0 aliphatic carbocycles. The third kappa shape index (κ3) is 5.14. The van der Waals surface area contributed by atoms with Gasteiger partial charge in [0.25, 0.3) is 0 Å². The van der Waals surface area contributed by atoms with Crippen LogP contribution in [0.3, 0.4) is 0 Å². The lowest BCUT2D eigenvalue weighted by Crippen LogP contribution is -2.64. The molecule has 126 valence electrons. The minimum absolute atomic E-state index is 0.395. The van der Waals surface area contributed by atoms with Gasteiger partial charge in [0, 0.05) is 6.61 Å². The van der Waals surface area contributed by atoms with Gasteiger partial charge in [0.05, 0.1) is 18.2 Å². The molecular weight excluding hydrogens is 274 g/mol. The summed E-state index contributed by atoms with van der Waals surface area (Å²) in [6.45, 7) is 6.64. The molecule has 0 saturated carbocycles. The Hall–Kier alpha value is -0.280. The summed E-state index contributed by atoms with van der Waals surface area (Å²) in [6.07, 6.45) is -1.17. The maximum Gasteiger partial charge on any atom is 0.185 e. The van der Waals surface area contributed by atoms with Gasteiger partial charge in [-0.15, -0.1) is 0 Å². The van der Waals surface area contributed by atoms with Crippen LogP contribution in [0, 0.1) is 0 Å². The summed E-state index contributed by atoms with van der Waals surface area (Å²) >= 11 is 0. The van der Waals surface area contributed by atoms with Crippen molar-refractivity contribution in [3.05, 3.63) is 0 Å². The van der Waals surface area contributed by atoms with Gasteiger partial charge in [-0.25, -0.2) is 0 Å². The van der Waals surface area contributed by atoms with Crippen molar-refractivity contribution in [2.24, 2.45) is 11.5 Å². The van der Waals surface area contributed by atoms with E-state index in [4.69, 9.17) is 20.9 Å². The fraction of sp³-hybridized carbons (Fsp3) is 1.00. The summed E-state index contributed by atoms with van der Waals surface area (Å²) in [6, 6.07) is -0.427. The molecule has 5 unspecified atom stereocenters. The quantitative estimate of drug-likeness (QED) is 0.425. The highest BCUT2D eigenvalue weighted by atomic mass is 16.7. The van der Waals surface area contributed by atoms with Crippen LogP contribution in [0.1, 0.15) is 26.7 Å². The van der Waals surface area contributed by atoms with Crippen molar-refractivity contribution in [2.45, 2.75) is 57.3 Å². The van der Waals surface area contributed by atoms with Crippen LogP contribution in [-0.2, 0) is 9.47 Å². The van der Waals surface area contributed by atoms with E-state index in [1.165, 1.54) is 0 Å². The zero-order valence-electron chi connectivity index (χ0n) is 13.1. The summed E-state index contributed by atoms with van der Waals surface area (Å²) < 4.78 is 11.0. The molecule has 7 heteroatoms. The van der Waals surface area contributed by atoms with Gasteiger partial charge in [0.2, 0.25) is 0 Å². The largest absolute Gasteiger partial charge is 0.389 e. The van der Waals surface area contributed by atoms with E-state index in [1.54, 1.807) is 6.92 Å². The van der Waals surface area contributed by atoms with Crippen molar-refractivity contribution in [3.8, 4) is 0 Å². The molecule has 1 heterocycles. The number of nitrogens with two attached hydrogens (primary N) is 2. The average molecular weight is 305 g/mol. The standard InChI is InChI=1S/C14H31N3O4/c1-3-20-14-13(19)11(12(18)10(2)21-14)17(8-4-6-15)9-5-7-16/h10-14,18-19H,3-9,15-16H2,1-2H3. The molecule has 21 heavy (non-hydrogen) atoms. The molecule has 0 radical (unpaired) electrons. The van der Waals surface area contributed by atoms with E-state index in [-0.39, 0.29) is 0 Å². The van der Waals surface area contributed by atoms with Crippen LogP contribution in [0.5, 0.6) is 0 Å². The molecule has 0 aromatic carbocycles. The first-order valence-electron chi connectivity index (χ1n) is 7.84. The maximum absolute atomic E-state index is 10.5. The second-order valence-corrected chi connectivity index (χ2v) is 5.46. The van der Waals surface area contributed by atoms with E-state index < -0.39 is 30.6 Å². The molecule has 1 saturated heterocycles. The highest BCUT2D eigenvalue weighted by molar-refractivity contribution is 4.94. The minimum atomic E-state index is -0.897. The molecule has 6 N–H and O–H groups in total. The first-order chi connectivity index (χ1) is 10.1. The SMILES string of the molecule is CCOC1OC(C)C(O)C(N(CCCN)CCCN)C1O. The van der Waals surface area contributed by atoms with Crippen LogP contribution in [0.4, 0.5) is 0 Å². The number of aliphatic hydroxyl groups is 2. The van der Waals surface area contributed by atoms with E-state index in [1.807, 2.05) is 6.92 Å². The Labute approximate surface area is 127 Å². The smallest absolute Gasteiger partial charge is 0.185 e. The number of hydrogen-bond acceptors (Lipinski definition) is 7. The number of nitrogens with zero attached hydrogens (tertiary/aromatic N) is 1. The minimum Gasteiger partial charge on any atom is -0.389 e. The van der Waals surface area contributed by atoms with E-state index in [0.29, 0.717) is 32.8 Å². The second-order valence-electron chi connectivity index (χ2n) is 5.46. The third-order valence-corrected chi connectivity index (χ3v) is 3.86. The van der Waals surface area contributed by atoms with Crippen LogP contribution in [0.25, 0.3) is 0 Å². The first-order valence-corrected chi connectivity index (χ1v) is 7.84. The van der Waals surface area contributed by atoms with Gasteiger partial charge in [-0.3, -0.25) is 4.90 Å². The van der Waals surface area contributed by atoms with Crippen LogP contribution in [0.15, 0.2) is 0 Å². The Kier molecular flexibility index (Phi) is 8.65. The molecule has 1 fully saturated rings. The van der Waals surface area contributed by atoms with Gasteiger partial charge in [0.1, 0.15) is 6.10 Å². The molecule has 0 amide bonds.